The van der Waals surface area contributed by atoms with E-state index < -0.39 is 0 Å². The minimum absolute atomic E-state index is 0.0820. The minimum Gasteiger partial charge on any atom is -0.496 e. The first-order valence-electron chi connectivity index (χ1n) is 6.65. The van der Waals surface area contributed by atoms with Gasteiger partial charge in [-0.25, -0.2) is 0 Å². The molecule has 0 atom stereocenters. The summed E-state index contributed by atoms with van der Waals surface area (Å²) in [6.07, 6.45) is 1.35. The highest BCUT2D eigenvalue weighted by Gasteiger charge is 2.04. The van der Waals surface area contributed by atoms with Crippen LogP contribution in [0.1, 0.15) is 24.0 Å². The molecule has 4 nitrogen and oxygen atoms in total. The van der Waals surface area contributed by atoms with Crippen LogP contribution in [0.15, 0.2) is 18.2 Å². The number of aliphatic hydroxyl groups is 1. The zero-order valence-electron chi connectivity index (χ0n) is 12.1. The Balaban J connectivity index is 2.62. The lowest BCUT2D eigenvalue weighted by Gasteiger charge is -2.09. The van der Waals surface area contributed by atoms with Gasteiger partial charge in [0, 0.05) is 37.9 Å². The molecule has 0 aliphatic rings. The van der Waals surface area contributed by atoms with Gasteiger partial charge in [0.25, 0.3) is 0 Å². The Morgan fingerprint density at radius 1 is 1.20 bits per heavy atom. The third kappa shape index (κ3) is 6.07. The predicted octanol–water partition coefficient (Wildman–Crippen LogP) is 1.98. The Kier molecular flexibility index (Phi) is 8.48. The Morgan fingerprint density at radius 3 is 2.75 bits per heavy atom. The lowest BCUT2D eigenvalue weighted by atomic mass is 10.1. The average molecular weight is 278 g/mol. The molecule has 1 rings (SSSR count). The highest BCUT2D eigenvalue weighted by molar-refractivity contribution is 5.43. The van der Waals surface area contributed by atoms with Crippen LogP contribution in [0.25, 0.3) is 0 Å². The summed E-state index contributed by atoms with van der Waals surface area (Å²) in [5.41, 5.74) is 1.87. The largest absolute Gasteiger partial charge is 0.496 e. The summed E-state index contributed by atoms with van der Waals surface area (Å²) in [5.74, 6) is 6.70. The summed E-state index contributed by atoms with van der Waals surface area (Å²) >= 11 is 0. The van der Waals surface area contributed by atoms with Crippen molar-refractivity contribution in [2.45, 2.75) is 19.4 Å². The second-order valence-corrected chi connectivity index (χ2v) is 4.20. The van der Waals surface area contributed by atoms with E-state index >= 15 is 0 Å². The molecule has 1 aromatic carbocycles. The Hall–Kier alpha value is -1.54. The lowest BCUT2D eigenvalue weighted by molar-refractivity contribution is 0.0916. The van der Waals surface area contributed by atoms with Gasteiger partial charge in [-0.15, -0.1) is 0 Å². The second-order valence-electron chi connectivity index (χ2n) is 4.20. The topological polar surface area (TPSA) is 47.9 Å². The highest BCUT2D eigenvalue weighted by Crippen LogP contribution is 2.20. The number of ether oxygens (including phenoxy) is 3. The van der Waals surface area contributed by atoms with E-state index in [0.29, 0.717) is 26.2 Å². The first kappa shape index (κ1) is 16.5. The van der Waals surface area contributed by atoms with Gasteiger partial charge in [-0.1, -0.05) is 11.8 Å². The number of methoxy groups -OCH3 is 2. The molecule has 0 fully saturated rings. The number of benzene rings is 1. The van der Waals surface area contributed by atoms with Gasteiger partial charge in [0.05, 0.1) is 20.3 Å². The van der Waals surface area contributed by atoms with Gasteiger partial charge in [-0.2, -0.15) is 0 Å². The molecule has 0 bridgehead atoms. The van der Waals surface area contributed by atoms with Crippen LogP contribution in [0.3, 0.4) is 0 Å². The zero-order chi connectivity index (χ0) is 14.6. The minimum atomic E-state index is 0.0820. The molecule has 110 valence electrons. The van der Waals surface area contributed by atoms with Gasteiger partial charge in [0.1, 0.15) is 5.75 Å². The number of aliphatic hydroxyl groups excluding tert-OH is 1. The fourth-order valence-electron chi connectivity index (χ4n) is 1.68. The van der Waals surface area contributed by atoms with Crippen LogP contribution in [-0.2, 0) is 16.1 Å². The fourth-order valence-corrected chi connectivity index (χ4v) is 1.68. The molecule has 1 N–H and O–H groups in total. The SMILES string of the molecule is COCCCOCc1cc(C#CCCO)ccc1OC. The van der Waals surface area contributed by atoms with Crippen LogP contribution >= 0.6 is 0 Å². The van der Waals surface area contributed by atoms with Crippen LogP contribution < -0.4 is 4.74 Å². The number of hydrogen-bond donors (Lipinski definition) is 1. The summed E-state index contributed by atoms with van der Waals surface area (Å²) in [7, 11) is 3.32. The first-order valence-corrected chi connectivity index (χ1v) is 6.65. The van der Waals surface area contributed by atoms with Crippen LogP contribution in [0.4, 0.5) is 0 Å². The Labute approximate surface area is 120 Å². The summed E-state index contributed by atoms with van der Waals surface area (Å²) < 4.78 is 15.9. The van der Waals surface area contributed by atoms with Gasteiger partial charge in [-0.05, 0) is 24.6 Å². The van der Waals surface area contributed by atoms with Gasteiger partial charge in [0.15, 0.2) is 0 Å². The van der Waals surface area contributed by atoms with E-state index in [0.717, 1.165) is 23.3 Å². The average Bonchev–Trinajstić information content (AvgIpc) is 2.47. The fraction of sp³-hybridized carbons (Fsp3) is 0.500. The van der Waals surface area contributed by atoms with E-state index in [9.17, 15) is 0 Å². The van der Waals surface area contributed by atoms with Crippen LogP contribution in [0.5, 0.6) is 5.75 Å². The van der Waals surface area contributed by atoms with E-state index in [1.54, 1.807) is 14.2 Å². The molecule has 0 saturated carbocycles. The van der Waals surface area contributed by atoms with E-state index in [4.69, 9.17) is 19.3 Å². The van der Waals surface area contributed by atoms with Crippen molar-refractivity contribution in [1.82, 2.24) is 0 Å². The van der Waals surface area contributed by atoms with Crippen molar-refractivity contribution in [3.05, 3.63) is 29.3 Å². The van der Waals surface area contributed by atoms with E-state index in [1.807, 2.05) is 18.2 Å². The van der Waals surface area contributed by atoms with Gasteiger partial charge in [0.2, 0.25) is 0 Å². The van der Waals surface area contributed by atoms with E-state index in [-0.39, 0.29) is 6.61 Å². The standard InChI is InChI=1S/C16H22O4/c1-18-10-5-11-20-13-15-12-14(6-3-4-9-17)7-8-16(15)19-2/h7-8,12,17H,4-5,9-11,13H2,1-2H3. The van der Waals surface area contributed by atoms with Crippen LogP contribution in [0.2, 0.25) is 0 Å². The van der Waals surface area contributed by atoms with Crippen LogP contribution in [-0.4, -0.2) is 39.1 Å². The van der Waals surface area contributed by atoms with Crippen molar-refractivity contribution in [3.8, 4) is 17.6 Å². The number of hydrogen-bond acceptors (Lipinski definition) is 4. The van der Waals surface area contributed by atoms with Crippen molar-refractivity contribution in [2.24, 2.45) is 0 Å². The van der Waals surface area contributed by atoms with Gasteiger partial charge < -0.3 is 19.3 Å². The molecule has 1 aromatic rings. The second kappa shape index (κ2) is 10.3. The third-order valence-electron chi connectivity index (χ3n) is 2.64. The molecule has 0 aliphatic carbocycles. The molecule has 0 aromatic heterocycles. The smallest absolute Gasteiger partial charge is 0.124 e. The molecule has 0 aliphatic heterocycles. The normalized spacial score (nSPS) is 9.95. The molecule has 0 spiro atoms. The molecule has 20 heavy (non-hydrogen) atoms. The molecular formula is C16H22O4. The lowest BCUT2D eigenvalue weighted by Crippen LogP contribution is -2.01. The summed E-state index contributed by atoms with van der Waals surface area (Å²) in [5, 5.41) is 8.72. The first-order chi connectivity index (χ1) is 9.81. The predicted molar refractivity (Wildman–Crippen MR) is 77.7 cm³/mol. The monoisotopic (exact) mass is 278 g/mol. The molecule has 4 heteroatoms. The van der Waals surface area contributed by atoms with Crippen molar-refractivity contribution in [3.63, 3.8) is 0 Å². The Morgan fingerprint density at radius 2 is 2.05 bits per heavy atom. The maximum Gasteiger partial charge on any atom is 0.124 e. The summed E-state index contributed by atoms with van der Waals surface area (Å²) in [6.45, 7) is 1.92. The molecule has 0 radical (unpaired) electrons. The molecular weight excluding hydrogens is 256 g/mol. The highest BCUT2D eigenvalue weighted by atomic mass is 16.5. The van der Waals surface area contributed by atoms with Crippen LogP contribution in [0, 0.1) is 11.8 Å². The van der Waals surface area contributed by atoms with Crippen molar-refractivity contribution >= 4 is 0 Å². The molecule has 0 unspecified atom stereocenters. The third-order valence-corrected chi connectivity index (χ3v) is 2.64. The Bertz CT molecular complexity index is 446. The maximum absolute atomic E-state index is 8.72. The summed E-state index contributed by atoms with van der Waals surface area (Å²) in [4.78, 5) is 0. The van der Waals surface area contributed by atoms with Gasteiger partial charge >= 0.3 is 0 Å². The van der Waals surface area contributed by atoms with Gasteiger partial charge in [-0.3, -0.25) is 0 Å². The number of rotatable bonds is 8. The van der Waals surface area contributed by atoms with Crippen molar-refractivity contribution < 1.29 is 19.3 Å². The molecule has 0 heterocycles. The zero-order valence-corrected chi connectivity index (χ0v) is 12.1. The summed E-state index contributed by atoms with van der Waals surface area (Å²) in [6, 6.07) is 5.74. The van der Waals surface area contributed by atoms with Crippen molar-refractivity contribution in [1.29, 1.82) is 0 Å². The van der Waals surface area contributed by atoms with E-state index in [2.05, 4.69) is 11.8 Å². The molecule has 0 amide bonds. The maximum atomic E-state index is 8.72. The quantitative estimate of drug-likeness (QED) is 0.583. The van der Waals surface area contributed by atoms with Crippen molar-refractivity contribution in [2.75, 3.05) is 34.0 Å². The molecule has 0 saturated heterocycles. The van der Waals surface area contributed by atoms with E-state index in [1.165, 1.54) is 0 Å².